The first-order chi connectivity index (χ1) is 8.75. The Bertz CT molecular complexity index is 333. The molecule has 0 radical (unpaired) electrons. The number of benzene rings is 1. The van der Waals surface area contributed by atoms with E-state index in [0.29, 0.717) is 5.92 Å². The molecular weight excluding hydrogens is 218 g/mol. The highest BCUT2D eigenvalue weighted by molar-refractivity contribution is 5.24. The van der Waals surface area contributed by atoms with Gasteiger partial charge in [-0.05, 0) is 61.7 Å². The SMILES string of the molecule is CC(C)c1ccc(CCCC2CCNCC2)cc1. The number of piperidine rings is 1. The van der Waals surface area contributed by atoms with E-state index in [4.69, 9.17) is 0 Å². The summed E-state index contributed by atoms with van der Waals surface area (Å²) in [4.78, 5) is 0. The smallest absolute Gasteiger partial charge is 0.00463 e. The van der Waals surface area contributed by atoms with E-state index in [2.05, 4.69) is 43.4 Å². The molecule has 0 amide bonds. The Balaban J connectivity index is 1.72. The summed E-state index contributed by atoms with van der Waals surface area (Å²) in [7, 11) is 0. The fraction of sp³-hybridized carbons (Fsp3) is 0.647. The summed E-state index contributed by atoms with van der Waals surface area (Å²) in [6, 6.07) is 9.23. The Labute approximate surface area is 112 Å². The zero-order chi connectivity index (χ0) is 12.8. The van der Waals surface area contributed by atoms with Gasteiger partial charge in [-0.3, -0.25) is 0 Å². The van der Waals surface area contributed by atoms with E-state index in [-0.39, 0.29) is 0 Å². The molecule has 1 fully saturated rings. The average Bonchev–Trinajstić information content (AvgIpc) is 2.40. The second-order valence-corrected chi connectivity index (χ2v) is 5.98. The van der Waals surface area contributed by atoms with Crippen molar-refractivity contribution < 1.29 is 0 Å². The molecule has 18 heavy (non-hydrogen) atoms. The van der Waals surface area contributed by atoms with Gasteiger partial charge in [-0.15, -0.1) is 0 Å². The minimum Gasteiger partial charge on any atom is -0.317 e. The van der Waals surface area contributed by atoms with E-state index in [1.807, 2.05) is 0 Å². The van der Waals surface area contributed by atoms with E-state index >= 15 is 0 Å². The van der Waals surface area contributed by atoms with Crippen LogP contribution in [0.5, 0.6) is 0 Å². The predicted octanol–water partition coefficient (Wildman–Crippen LogP) is 4.13. The highest BCUT2D eigenvalue weighted by Crippen LogP contribution is 2.20. The fourth-order valence-electron chi connectivity index (χ4n) is 2.83. The molecule has 1 saturated heterocycles. The van der Waals surface area contributed by atoms with E-state index < -0.39 is 0 Å². The lowest BCUT2D eigenvalue weighted by Crippen LogP contribution is -2.27. The van der Waals surface area contributed by atoms with Gasteiger partial charge in [-0.25, -0.2) is 0 Å². The molecule has 1 aromatic rings. The van der Waals surface area contributed by atoms with Gasteiger partial charge in [-0.1, -0.05) is 44.5 Å². The maximum atomic E-state index is 3.44. The van der Waals surface area contributed by atoms with Crippen LogP contribution in [0.4, 0.5) is 0 Å². The van der Waals surface area contributed by atoms with Gasteiger partial charge in [0.15, 0.2) is 0 Å². The lowest BCUT2D eigenvalue weighted by atomic mass is 9.91. The van der Waals surface area contributed by atoms with Gasteiger partial charge in [0.25, 0.3) is 0 Å². The van der Waals surface area contributed by atoms with Crippen molar-refractivity contribution in [1.29, 1.82) is 0 Å². The lowest BCUT2D eigenvalue weighted by molar-refractivity contribution is 0.347. The molecule has 0 aromatic heterocycles. The Morgan fingerprint density at radius 2 is 1.78 bits per heavy atom. The van der Waals surface area contributed by atoms with E-state index in [1.54, 1.807) is 0 Å². The summed E-state index contributed by atoms with van der Waals surface area (Å²) >= 11 is 0. The summed E-state index contributed by atoms with van der Waals surface area (Å²) in [6.45, 7) is 6.97. The zero-order valence-corrected chi connectivity index (χ0v) is 11.9. The normalized spacial score (nSPS) is 17.3. The van der Waals surface area contributed by atoms with Crippen molar-refractivity contribution in [3.63, 3.8) is 0 Å². The van der Waals surface area contributed by atoms with Crippen LogP contribution in [0.1, 0.15) is 56.6 Å². The summed E-state index contributed by atoms with van der Waals surface area (Å²) < 4.78 is 0. The third-order valence-corrected chi connectivity index (χ3v) is 4.18. The highest BCUT2D eigenvalue weighted by Gasteiger charge is 2.12. The standard InChI is InChI=1S/C17H27N/c1-14(2)17-8-6-15(7-9-17)4-3-5-16-10-12-18-13-11-16/h6-9,14,16,18H,3-5,10-13H2,1-2H3. The molecule has 1 heterocycles. The molecule has 2 rings (SSSR count). The van der Waals surface area contributed by atoms with Crippen LogP contribution >= 0.6 is 0 Å². The second kappa shape index (κ2) is 6.94. The molecule has 1 aromatic carbocycles. The molecule has 1 aliphatic rings. The summed E-state index contributed by atoms with van der Waals surface area (Å²) in [5.41, 5.74) is 2.96. The van der Waals surface area contributed by atoms with E-state index in [1.165, 1.54) is 56.3 Å². The highest BCUT2D eigenvalue weighted by atomic mass is 14.9. The average molecular weight is 245 g/mol. The van der Waals surface area contributed by atoms with Crippen molar-refractivity contribution in [3.05, 3.63) is 35.4 Å². The van der Waals surface area contributed by atoms with Gasteiger partial charge in [0.05, 0.1) is 0 Å². The van der Waals surface area contributed by atoms with Gasteiger partial charge in [0, 0.05) is 0 Å². The topological polar surface area (TPSA) is 12.0 Å². The van der Waals surface area contributed by atoms with Crippen molar-refractivity contribution in [2.75, 3.05) is 13.1 Å². The number of rotatable bonds is 5. The lowest BCUT2D eigenvalue weighted by Gasteiger charge is -2.22. The van der Waals surface area contributed by atoms with Crippen LogP contribution in [0.2, 0.25) is 0 Å². The Hall–Kier alpha value is -0.820. The monoisotopic (exact) mass is 245 g/mol. The first kappa shape index (κ1) is 13.6. The first-order valence-electron chi connectivity index (χ1n) is 7.55. The van der Waals surface area contributed by atoms with Crippen LogP contribution in [0.25, 0.3) is 0 Å². The van der Waals surface area contributed by atoms with Crippen LogP contribution in [0.15, 0.2) is 24.3 Å². The Morgan fingerprint density at radius 1 is 1.11 bits per heavy atom. The molecule has 0 bridgehead atoms. The number of hydrogen-bond acceptors (Lipinski definition) is 1. The van der Waals surface area contributed by atoms with Gasteiger partial charge in [0.1, 0.15) is 0 Å². The zero-order valence-electron chi connectivity index (χ0n) is 11.9. The van der Waals surface area contributed by atoms with Crippen molar-refractivity contribution in [2.24, 2.45) is 5.92 Å². The maximum absolute atomic E-state index is 3.44. The van der Waals surface area contributed by atoms with Gasteiger partial charge in [0.2, 0.25) is 0 Å². The Morgan fingerprint density at radius 3 is 2.39 bits per heavy atom. The van der Waals surface area contributed by atoms with E-state index in [9.17, 15) is 0 Å². The van der Waals surface area contributed by atoms with Crippen LogP contribution < -0.4 is 5.32 Å². The number of nitrogens with one attached hydrogen (secondary N) is 1. The first-order valence-corrected chi connectivity index (χ1v) is 7.55. The van der Waals surface area contributed by atoms with Gasteiger partial charge in [-0.2, -0.15) is 0 Å². The third-order valence-electron chi connectivity index (χ3n) is 4.18. The molecule has 1 aliphatic heterocycles. The molecule has 0 aliphatic carbocycles. The Kier molecular flexibility index (Phi) is 5.25. The third kappa shape index (κ3) is 4.13. The molecule has 1 heteroatoms. The minimum absolute atomic E-state index is 0.647. The fourth-order valence-corrected chi connectivity index (χ4v) is 2.83. The number of aryl methyl sites for hydroxylation is 1. The van der Waals surface area contributed by atoms with E-state index in [0.717, 1.165) is 5.92 Å². The molecule has 0 saturated carbocycles. The van der Waals surface area contributed by atoms with Crippen molar-refractivity contribution in [2.45, 2.75) is 51.9 Å². The van der Waals surface area contributed by atoms with Gasteiger partial charge < -0.3 is 5.32 Å². The summed E-state index contributed by atoms with van der Waals surface area (Å²) in [5.74, 6) is 1.62. The van der Waals surface area contributed by atoms with Crippen LogP contribution in [0.3, 0.4) is 0 Å². The molecule has 0 spiro atoms. The largest absolute Gasteiger partial charge is 0.317 e. The van der Waals surface area contributed by atoms with Crippen molar-refractivity contribution >= 4 is 0 Å². The molecule has 0 unspecified atom stereocenters. The quantitative estimate of drug-likeness (QED) is 0.822. The predicted molar refractivity (Wildman–Crippen MR) is 79.1 cm³/mol. The van der Waals surface area contributed by atoms with Crippen LogP contribution in [0, 0.1) is 5.92 Å². The molecular formula is C17H27N. The van der Waals surface area contributed by atoms with Crippen LogP contribution in [-0.4, -0.2) is 13.1 Å². The molecule has 1 N–H and O–H groups in total. The van der Waals surface area contributed by atoms with Crippen molar-refractivity contribution in [1.82, 2.24) is 5.32 Å². The molecule has 100 valence electrons. The summed E-state index contributed by atoms with van der Waals surface area (Å²) in [5, 5.41) is 3.44. The molecule has 1 nitrogen and oxygen atoms in total. The van der Waals surface area contributed by atoms with Crippen molar-refractivity contribution in [3.8, 4) is 0 Å². The molecule has 0 atom stereocenters. The van der Waals surface area contributed by atoms with Gasteiger partial charge >= 0.3 is 0 Å². The maximum Gasteiger partial charge on any atom is -0.00463 e. The summed E-state index contributed by atoms with van der Waals surface area (Å²) in [6.07, 6.45) is 6.78. The second-order valence-electron chi connectivity index (χ2n) is 5.98. The number of hydrogen-bond donors (Lipinski definition) is 1. The van der Waals surface area contributed by atoms with Crippen LogP contribution in [-0.2, 0) is 6.42 Å². The minimum atomic E-state index is 0.647.